The first kappa shape index (κ1) is 11.5. The van der Waals surface area contributed by atoms with Gasteiger partial charge in [-0.05, 0) is 19.8 Å². The number of aromatic nitrogens is 2. The maximum atomic E-state index is 11.4. The van der Waals surface area contributed by atoms with Crippen molar-refractivity contribution < 1.29 is 18.0 Å². The lowest BCUT2D eigenvalue weighted by Gasteiger charge is -2.18. The smallest absolute Gasteiger partial charge is 0.255 e. The zero-order chi connectivity index (χ0) is 11.8. The Bertz CT molecular complexity index is 466. The summed E-state index contributed by atoms with van der Waals surface area (Å²) in [4.78, 5) is 4.01. The van der Waals surface area contributed by atoms with E-state index in [1.165, 1.54) is 6.92 Å². The van der Waals surface area contributed by atoms with Crippen molar-refractivity contribution in [1.82, 2.24) is 10.1 Å². The number of sulfone groups is 1. The Hall–Kier alpha value is -0.950. The van der Waals surface area contributed by atoms with Gasteiger partial charge in [-0.1, -0.05) is 5.16 Å². The van der Waals surface area contributed by atoms with E-state index in [1.807, 2.05) is 0 Å². The highest BCUT2D eigenvalue weighted by molar-refractivity contribution is 7.91. The van der Waals surface area contributed by atoms with Crippen molar-refractivity contribution in [3.05, 3.63) is 11.7 Å². The molecule has 2 rings (SSSR count). The number of hydrogen-bond acceptors (Lipinski definition) is 6. The summed E-state index contributed by atoms with van der Waals surface area (Å²) < 4.78 is 27.7. The molecule has 1 aromatic rings. The SMILES string of the molecule is CC(O)c1nc(C2CCCS(=O)(=O)C2)no1. The highest BCUT2D eigenvalue weighted by Crippen LogP contribution is 2.26. The topological polar surface area (TPSA) is 93.3 Å². The fraction of sp³-hybridized carbons (Fsp3) is 0.778. The van der Waals surface area contributed by atoms with Crippen LogP contribution in [0.15, 0.2) is 4.52 Å². The van der Waals surface area contributed by atoms with E-state index in [4.69, 9.17) is 4.52 Å². The first-order valence-corrected chi connectivity index (χ1v) is 7.02. The Balaban J connectivity index is 2.17. The van der Waals surface area contributed by atoms with E-state index in [0.717, 1.165) is 6.42 Å². The summed E-state index contributed by atoms with van der Waals surface area (Å²) in [6.45, 7) is 1.52. The van der Waals surface area contributed by atoms with Gasteiger partial charge in [-0.15, -0.1) is 0 Å². The van der Waals surface area contributed by atoms with E-state index in [2.05, 4.69) is 10.1 Å². The van der Waals surface area contributed by atoms with Crippen LogP contribution in [0.5, 0.6) is 0 Å². The number of rotatable bonds is 2. The molecule has 2 unspecified atom stereocenters. The average molecular weight is 246 g/mol. The lowest BCUT2D eigenvalue weighted by atomic mass is 10.1. The van der Waals surface area contributed by atoms with Crippen molar-refractivity contribution in [2.75, 3.05) is 11.5 Å². The molecule has 1 N–H and O–H groups in total. The van der Waals surface area contributed by atoms with Gasteiger partial charge in [0.25, 0.3) is 5.89 Å². The van der Waals surface area contributed by atoms with Crippen LogP contribution in [-0.4, -0.2) is 35.2 Å². The second-order valence-electron chi connectivity index (χ2n) is 4.12. The fourth-order valence-corrected chi connectivity index (χ4v) is 3.51. The van der Waals surface area contributed by atoms with Crippen LogP contribution in [-0.2, 0) is 9.84 Å². The molecule has 0 saturated carbocycles. The molecule has 0 amide bonds. The molecule has 0 spiro atoms. The van der Waals surface area contributed by atoms with Gasteiger partial charge in [-0.3, -0.25) is 0 Å². The lowest BCUT2D eigenvalue weighted by molar-refractivity contribution is 0.151. The van der Waals surface area contributed by atoms with Crippen molar-refractivity contribution >= 4 is 9.84 Å². The van der Waals surface area contributed by atoms with Gasteiger partial charge in [-0.25, -0.2) is 8.42 Å². The second-order valence-corrected chi connectivity index (χ2v) is 6.35. The van der Waals surface area contributed by atoms with Gasteiger partial charge in [0.2, 0.25) is 0 Å². The Morgan fingerprint density at radius 3 is 2.88 bits per heavy atom. The third-order valence-electron chi connectivity index (χ3n) is 2.64. The van der Waals surface area contributed by atoms with Crippen LogP contribution in [0.4, 0.5) is 0 Å². The van der Waals surface area contributed by atoms with Gasteiger partial charge in [0.15, 0.2) is 15.7 Å². The molecule has 1 aromatic heterocycles. The van der Waals surface area contributed by atoms with Crippen LogP contribution < -0.4 is 0 Å². The number of aliphatic hydroxyl groups is 1. The zero-order valence-corrected chi connectivity index (χ0v) is 9.77. The summed E-state index contributed by atoms with van der Waals surface area (Å²) in [7, 11) is -2.98. The van der Waals surface area contributed by atoms with E-state index in [9.17, 15) is 13.5 Å². The molecular formula is C9H14N2O4S. The molecule has 2 atom stereocenters. The van der Waals surface area contributed by atoms with Crippen molar-refractivity contribution in [3.63, 3.8) is 0 Å². The molecule has 7 heteroatoms. The van der Waals surface area contributed by atoms with Gasteiger partial charge < -0.3 is 9.63 Å². The van der Waals surface area contributed by atoms with E-state index < -0.39 is 15.9 Å². The van der Waals surface area contributed by atoms with Gasteiger partial charge in [-0.2, -0.15) is 4.98 Å². The van der Waals surface area contributed by atoms with E-state index in [1.54, 1.807) is 0 Å². The summed E-state index contributed by atoms with van der Waals surface area (Å²) in [6.07, 6.45) is 0.560. The second kappa shape index (κ2) is 4.14. The summed E-state index contributed by atoms with van der Waals surface area (Å²) in [5, 5.41) is 12.9. The molecule has 90 valence electrons. The predicted molar refractivity (Wildman–Crippen MR) is 55.6 cm³/mol. The Labute approximate surface area is 93.6 Å². The van der Waals surface area contributed by atoms with Gasteiger partial charge in [0.1, 0.15) is 6.10 Å². The predicted octanol–water partition coefficient (Wildman–Crippen LogP) is 0.415. The molecular weight excluding hydrogens is 232 g/mol. The number of aliphatic hydroxyl groups excluding tert-OH is 1. The quantitative estimate of drug-likeness (QED) is 0.812. The lowest BCUT2D eigenvalue weighted by Crippen LogP contribution is -2.24. The van der Waals surface area contributed by atoms with Crippen molar-refractivity contribution in [3.8, 4) is 0 Å². The molecule has 0 bridgehead atoms. The maximum Gasteiger partial charge on any atom is 0.255 e. The molecule has 2 heterocycles. The molecule has 0 aliphatic carbocycles. The minimum absolute atomic E-state index is 0.0752. The number of nitrogens with zero attached hydrogens (tertiary/aromatic N) is 2. The van der Waals surface area contributed by atoms with Crippen LogP contribution in [0, 0.1) is 0 Å². The first-order chi connectivity index (χ1) is 7.48. The minimum atomic E-state index is -2.98. The first-order valence-electron chi connectivity index (χ1n) is 5.20. The van der Waals surface area contributed by atoms with Crippen LogP contribution in [0.1, 0.15) is 43.5 Å². The summed E-state index contributed by atoms with van der Waals surface area (Å²) in [5.41, 5.74) is 0. The van der Waals surface area contributed by atoms with Crippen LogP contribution in [0.25, 0.3) is 0 Å². The molecule has 1 aliphatic rings. The molecule has 16 heavy (non-hydrogen) atoms. The van der Waals surface area contributed by atoms with Crippen molar-refractivity contribution in [2.24, 2.45) is 0 Å². The van der Waals surface area contributed by atoms with Crippen molar-refractivity contribution in [2.45, 2.75) is 31.8 Å². The zero-order valence-electron chi connectivity index (χ0n) is 8.96. The number of hydrogen-bond donors (Lipinski definition) is 1. The van der Waals surface area contributed by atoms with Crippen LogP contribution in [0.3, 0.4) is 0 Å². The normalized spacial score (nSPS) is 26.5. The van der Waals surface area contributed by atoms with Gasteiger partial charge >= 0.3 is 0 Å². The average Bonchev–Trinajstić information content (AvgIpc) is 2.64. The summed E-state index contributed by atoms with van der Waals surface area (Å²) >= 11 is 0. The maximum absolute atomic E-state index is 11.4. The Kier molecular flexibility index (Phi) is 2.98. The molecule has 6 nitrogen and oxygen atoms in total. The van der Waals surface area contributed by atoms with E-state index >= 15 is 0 Å². The third-order valence-corrected chi connectivity index (χ3v) is 4.46. The Morgan fingerprint density at radius 1 is 1.56 bits per heavy atom. The summed E-state index contributed by atoms with van der Waals surface area (Å²) in [5.74, 6) is 0.642. The molecule has 0 radical (unpaired) electrons. The molecule has 1 fully saturated rings. The molecule has 1 aliphatic heterocycles. The molecule has 1 saturated heterocycles. The highest BCUT2D eigenvalue weighted by atomic mass is 32.2. The largest absolute Gasteiger partial charge is 0.384 e. The van der Waals surface area contributed by atoms with Crippen LogP contribution >= 0.6 is 0 Å². The summed E-state index contributed by atoms with van der Waals surface area (Å²) in [6, 6.07) is 0. The highest BCUT2D eigenvalue weighted by Gasteiger charge is 2.29. The minimum Gasteiger partial charge on any atom is -0.384 e. The standard InChI is InChI=1S/C9H14N2O4S/c1-6(12)9-10-8(11-15-9)7-3-2-4-16(13,14)5-7/h6-7,12H,2-5H2,1H3. The van der Waals surface area contributed by atoms with Crippen molar-refractivity contribution in [1.29, 1.82) is 0 Å². The van der Waals surface area contributed by atoms with E-state index in [0.29, 0.717) is 12.2 Å². The van der Waals surface area contributed by atoms with Gasteiger partial charge in [0, 0.05) is 5.92 Å². The van der Waals surface area contributed by atoms with Gasteiger partial charge in [0.05, 0.1) is 11.5 Å². The third kappa shape index (κ3) is 2.41. The molecule has 0 aromatic carbocycles. The fourth-order valence-electron chi connectivity index (χ4n) is 1.81. The monoisotopic (exact) mass is 246 g/mol. The van der Waals surface area contributed by atoms with Crippen LogP contribution in [0.2, 0.25) is 0 Å². The Morgan fingerprint density at radius 2 is 2.31 bits per heavy atom. The van der Waals surface area contributed by atoms with E-state index in [-0.39, 0.29) is 23.3 Å².